The number of benzene rings is 2. The number of aromatic nitrogens is 2. The Labute approximate surface area is 126 Å². The lowest BCUT2D eigenvalue weighted by Gasteiger charge is -2.08. The van der Waals surface area contributed by atoms with E-state index in [9.17, 15) is 9.59 Å². The molecule has 0 atom stereocenters. The van der Waals surface area contributed by atoms with E-state index in [-0.39, 0.29) is 11.3 Å². The number of hydrogen-bond donors (Lipinski definition) is 0. The predicted octanol–water partition coefficient (Wildman–Crippen LogP) is 2.46. The van der Waals surface area contributed by atoms with Crippen LogP contribution in [0.3, 0.4) is 0 Å². The molecule has 0 radical (unpaired) electrons. The van der Waals surface area contributed by atoms with Crippen LogP contribution < -0.4 is 10.3 Å². The Kier molecular flexibility index (Phi) is 3.47. The van der Waals surface area contributed by atoms with Gasteiger partial charge in [0, 0.05) is 12.4 Å². The molecule has 22 heavy (non-hydrogen) atoms. The summed E-state index contributed by atoms with van der Waals surface area (Å²) in [6.45, 7) is 1.91. The van der Waals surface area contributed by atoms with Crippen molar-refractivity contribution in [2.75, 3.05) is 0 Å². The van der Waals surface area contributed by atoms with Crippen molar-refractivity contribution >= 4 is 16.7 Å². The number of rotatable bonds is 2. The summed E-state index contributed by atoms with van der Waals surface area (Å²) in [5.41, 5.74) is 0.866. The summed E-state index contributed by atoms with van der Waals surface area (Å²) in [6.07, 6.45) is 0. The molecule has 5 heteroatoms. The number of fused-ring (bicyclic) bond motifs is 1. The van der Waals surface area contributed by atoms with Gasteiger partial charge in [0.2, 0.25) is 0 Å². The molecular formula is C17H14N2O3. The van der Waals surface area contributed by atoms with Gasteiger partial charge in [-0.1, -0.05) is 30.3 Å². The number of carbonyl (C=O) groups is 1. The van der Waals surface area contributed by atoms with Crippen molar-refractivity contribution in [3.05, 3.63) is 70.1 Å². The van der Waals surface area contributed by atoms with Crippen LogP contribution in [0, 0.1) is 6.92 Å². The van der Waals surface area contributed by atoms with Crippen LogP contribution in [0.15, 0.2) is 53.3 Å². The highest BCUT2D eigenvalue weighted by molar-refractivity contribution is 6.02. The van der Waals surface area contributed by atoms with Gasteiger partial charge < -0.3 is 4.74 Å². The largest absolute Gasteiger partial charge is 0.422 e. The molecule has 0 amide bonds. The van der Waals surface area contributed by atoms with Gasteiger partial charge in [-0.2, -0.15) is 5.10 Å². The molecule has 0 aliphatic rings. The zero-order valence-corrected chi connectivity index (χ0v) is 12.2. The van der Waals surface area contributed by atoms with Gasteiger partial charge in [0.1, 0.15) is 5.75 Å². The van der Waals surface area contributed by atoms with Gasteiger partial charge in [0.25, 0.3) is 5.56 Å². The van der Waals surface area contributed by atoms with Gasteiger partial charge in [-0.25, -0.2) is 9.48 Å². The highest BCUT2D eigenvalue weighted by Crippen LogP contribution is 2.17. The molecule has 110 valence electrons. The van der Waals surface area contributed by atoms with E-state index in [1.165, 1.54) is 7.05 Å². The Hall–Kier alpha value is -2.95. The molecule has 0 bridgehead atoms. The van der Waals surface area contributed by atoms with Crippen molar-refractivity contribution in [3.8, 4) is 5.75 Å². The van der Waals surface area contributed by atoms with Crippen molar-refractivity contribution in [3.63, 3.8) is 0 Å². The van der Waals surface area contributed by atoms with Crippen molar-refractivity contribution in [1.82, 2.24) is 9.78 Å². The highest BCUT2D eigenvalue weighted by Gasteiger charge is 2.17. The number of ether oxygens (including phenoxy) is 1. The third-order valence-corrected chi connectivity index (χ3v) is 3.35. The molecular weight excluding hydrogens is 280 g/mol. The van der Waals surface area contributed by atoms with Crippen molar-refractivity contribution in [2.24, 2.45) is 7.05 Å². The van der Waals surface area contributed by atoms with Crippen molar-refractivity contribution < 1.29 is 9.53 Å². The van der Waals surface area contributed by atoms with Crippen LogP contribution in [0.25, 0.3) is 10.8 Å². The van der Waals surface area contributed by atoms with Crippen LogP contribution in [0.1, 0.15) is 16.1 Å². The lowest BCUT2D eigenvalue weighted by molar-refractivity contribution is 0.0728. The Morgan fingerprint density at radius 1 is 1.09 bits per heavy atom. The van der Waals surface area contributed by atoms with E-state index in [4.69, 9.17) is 4.74 Å². The van der Waals surface area contributed by atoms with E-state index in [1.54, 1.807) is 36.4 Å². The lowest BCUT2D eigenvalue weighted by Crippen LogP contribution is -2.24. The van der Waals surface area contributed by atoms with E-state index >= 15 is 0 Å². The van der Waals surface area contributed by atoms with Gasteiger partial charge in [-0.3, -0.25) is 4.79 Å². The summed E-state index contributed by atoms with van der Waals surface area (Å²) in [6, 6.07) is 14.1. The quantitative estimate of drug-likeness (QED) is 0.538. The fourth-order valence-corrected chi connectivity index (χ4v) is 2.28. The number of hydrogen-bond acceptors (Lipinski definition) is 4. The smallest absolute Gasteiger partial charge is 0.364 e. The molecule has 0 spiro atoms. The van der Waals surface area contributed by atoms with Crippen LogP contribution in [0.4, 0.5) is 0 Å². The second-order valence-electron chi connectivity index (χ2n) is 5.03. The molecule has 0 saturated heterocycles. The second kappa shape index (κ2) is 5.44. The zero-order chi connectivity index (χ0) is 15.7. The SMILES string of the molecule is Cc1cccc(OC(=O)c2nn(C)c(=O)c3ccccc23)c1. The second-order valence-corrected chi connectivity index (χ2v) is 5.03. The van der Waals surface area contributed by atoms with Gasteiger partial charge >= 0.3 is 5.97 Å². The molecule has 0 fully saturated rings. The first-order valence-corrected chi connectivity index (χ1v) is 6.81. The first kappa shape index (κ1) is 14.0. The Balaban J connectivity index is 2.08. The van der Waals surface area contributed by atoms with Crippen LogP contribution in [0.2, 0.25) is 0 Å². The zero-order valence-electron chi connectivity index (χ0n) is 12.2. The normalized spacial score (nSPS) is 10.6. The van der Waals surface area contributed by atoms with Crippen LogP contribution >= 0.6 is 0 Å². The van der Waals surface area contributed by atoms with Crippen molar-refractivity contribution in [2.45, 2.75) is 6.92 Å². The molecule has 0 unspecified atom stereocenters. The molecule has 1 heterocycles. The summed E-state index contributed by atoms with van der Waals surface area (Å²) in [4.78, 5) is 24.5. The standard InChI is InChI=1S/C17H14N2O3/c1-11-6-5-7-12(10-11)22-17(21)15-13-8-3-4-9-14(13)16(20)19(2)18-15/h3-10H,1-2H3. The van der Waals surface area contributed by atoms with Gasteiger partial charge in [-0.15, -0.1) is 0 Å². The third kappa shape index (κ3) is 2.48. The fraction of sp³-hybridized carbons (Fsp3) is 0.118. The van der Waals surface area contributed by atoms with E-state index in [0.717, 1.165) is 10.2 Å². The van der Waals surface area contributed by atoms with E-state index in [0.29, 0.717) is 16.5 Å². The predicted molar refractivity (Wildman–Crippen MR) is 83.1 cm³/mol. The fourth-order valence-electron chi connectivity index (χ4n) is 2.28. The van der Waals surface area contributed by atoms with Crippen LogP contribution in [0.5, 0.6) is 5.75 Å². The molecule has 2 aromatic carbocycles. The summed E-state index contributed by atoms with van der Waals surface area (Å²) in [5.74, 6) is -0.137. The minimum Gasteiger partial charge on any atom is -0.422 e. The first-order valence-electron chi connectivity index (χ1n) is 6.81. The minimum atomic E-state index is -0.586. The van der Waals surface area contributed by atoms with E-state index in [2.05, 4.69) is 5.10 Å². The topological polar surface area (TPSA) is 61.2 Å². The maximum atomic E-state index is 12.4. The van der Waals surface area contributed by atoms with Crippen LogP contribution in [-0.2, 0) is 7.05 Å². The average molecular weight is 294 g/mol. The average Bonchev–Trinajstić information content (AvgIpc) is 2.51. The molecule has 0 aliphatic carbocycles. The summed E-state index contributed by atoms with van der Waals surface area (Å²) in [5, 5.41) is 4.98. The molecule has 3 rings (SSSR count). The molecule has 0 aliphatic heterocycles. The van der Waals surface area contributed by atoms with Crippen molar-refractivity contribution in [1.29, 1.82) is 0 Å². The van der Waals surface area contributed by atoms with Gasteiger partial charge in [0.15, 0.2) is 5.69 Å². The summed E-state index contributed by atoms with van der Waals surface area (Å²) < 4.78 is 6.52. The number of esters is 1. The molecule has 3 aromatic rings. The minimum absolute atomic E-state index is 0.124. The van der Waals surface area contributed by atoms with Gasteiger partial charge in [-0.05, 0) is 30.7 Å². The van der Waals surface area contributed by atoms with Gasteiger partial charge in [0.05, 0.1) is 5.39 Å². The first-order chi connectivity index (χ1) is 10.6. The van der Waals surface area contributed by atoms with Crippen LogP contribution in [-0.4, -0.2) is 15.7 Å². The lowest BCUT2D eigenvalue weighted by atomic mass is 10.1. The number of nitrogens with zero attached hydrogens (tertiary/aromatic N) is 2. The number of carbonyl (C=O) groups excluding carboxylic acids is 1. The molecule has 0 saturated carbocycles. The Morgan fingerprint density at radius 2 is 1.82 bits per heavy atom. The highest BCUT2D eigenvalue weighted by atomic mass is 16.5. The van der Waals surface area contributed by atoms with E-state index in [1.807, 2.05) is 19.1 Å². The Morgan fingerprint density at radius 3 is 2.55 bits per heavy atom. The maximum absolute atomic E-state index is 12.4. The Bertz CT molecular complexity index is 929. The molecule has 0 N–H and O–H groups in total. The summed E-state index contributed by atoms with van der Waals surface area (Å²) >= 11 is 0. The number of aryl methyl sites for hydroxylation is 2. The summed E-state index contributed by atoms with van der Waals surface area (Å²) in [7, 11) is 1.51. The molecule has 1 aromatic heterocycles. The monoisotopic (exact) mass is 294 g/mol. The maximum Gasteiger partial charge on any atom is 0.364 e. The molecule has 5 nitrogen and oxygen atoms in total. The third-order valence-electron chi connectivity index (χ3n) is 3.35. The van der Waals surface area contributed by atoms with E-state index < -0.39 is 5.97 Å².